The smallest absolute Gasteiger partial charge is 0.170 e. The van der Waals surface area contributed by atoms with Crippen molar-refractivity contribution in [3.63, 3.8) is 0 Å². The Morgan fingerprint density at radius 3 is 2.37 bits per heavy atom. The molecular weight excluding hydrogens is 283 g/mol. The number of hydrogen-bond donors (Lipinski definition) is 0. The van der Waals surface area contributed by atoms with E-state index in [4.69, 9.17) is 27.9 Å². The number of carbonyl (C=O) groups is 1. The Morgan fingerprint density at radius 2 is 1.89 bits per heavy atom. The third kappa shape index (κ3) is 2.96. The second-order valence-corrected chi connectivity index (χ2v) is 7.05. The number of Topliss-reactive ketones (excluding diaryl/α,β-unsaturated/α-hetero) is 1. The van der Waals surface area contributed by atoms with Gasteiger partial charge in [0.25, 0.3) is 0 Å². The van der Waals surface area contributed by atoms with E-state index in [9.17, 15) is 4.79 Å². The van der Waals surface area contributed by atoms with Crippen LogP contribution in [0, 0.1) is 5.92 Å². The van der Waals surface area contributed by atoms with Crippen molar-refractivity contribution >= 4 is 29.0 Å². The summed E-state index contributed by atoms with van der Waals surface area (Å²) in [6.07, 6.45) is 0.692. The normalized spacial score (nSPS) is 24.4. The molecule has 0 N–H and O–H groups in total. The Labute approximate surface area is 124 Å². The molecule has 1 heterocycles. The fraction of sp³-hybridized carbons (Fsp3) is 0.533. The zero-order valence-electron chi connectivity index (χ0n) is 11.6. The lowest BCUT2D eigenvalue weighted by atomic mass is 9.81. The van der Waals surface area contributed by atoms with Crippen LogP contribution in [0.4, 0.5) is 0 Å². The van der Waals surface area contributed by atoms with Crippen LogP contribution in [-0.2, 0) is 4.74 Å². The van der Waals surface area contributed by atoms with Gasteiger partial charge in [-0.05, 0) is 52.3 Å². The maximum Gasteiger partial charge on any atom is 0.170 e. The first kappa shape index (κ1) is 14.8. The average Bonchev–Trinajstić information content (AvgIpc) is 2.45. The van der Waals surface area contributed by atoms with E-state index in [0.29, 0.717) is 22.0 Å². The highest BCUT2D eigenvalue weighted by Gasteiger charge is 2.49. The molecule has 1 unspecified atom stereocenters. The number of ketones is 1. The van der Waals surface area contributed by atoms with E-state index >= 15 is 0 Å². The van der Waals surface area contributed by atoms with Gasteiger partial charge in [0, 0.05) is 10.6 Å². The molecule has 2 nitrogen and oxygen atoms in total. The van der Waals surface area contributed by atoms with Gasteiger partial charge in [0.05, 0.1) is 22.1 Å². The van der Waals surface area contributed by atoms with Crippen molar-refractivity contribution in [2.75, 3.05) is 0 Å². The van der Waals surface area contributed by atoms with Gasteiger partial charge in [0.2, 0.25) is 0 Å². The molecular formula is C15H18Cl2O2. The Morgan fingerprint density at radius 1 is 1.26 bits per heavy atom. The molecule has 1 aliphatic heterocycles. The topological polar surface area (TPSA) is 26.3 Å². The molecule has 4 heteroatoms. The van der Waals surface area contributed by atoms with Crippen LogP contribution in [0.3, 0.4) is 0 Å². The van der Waals surface area contributed by atoms with Crippen molar-refractivity contribution in [3.05, 3.63) is 33.8 Å². The molecule has 0 aromatic heterocycles. The summed E-state index contributed by atoms with van der Waals surface area (Å²) in [4.78, 5) is 12.7. The SMILES string of the molecule is CC1(C)CC(C(=O)c2ccc(Cl)cc2Cl)C(C)(C)O1. The predicted molar refractivity (Wildman–Crippen MR) is 78.1 cm³/mol. The zero-order chi connectivity index (χ0) is 14.4. The summed E-state index contributed by atoms with van der Waals surface area (Å²) in [7, 11) is 0. The molecule has 1 aliphatic rings. The lowest BCUT2D eigenvalue weighted by Crippen LogP contribution is -2.34. The van der Waals surface area contributed by atoms with Crippen molar-refractivity contribution < 1.29 is 9.53 Å². The quantitative estimate of drug-likeness (QED) is 0.735. The highest BCUT2D eigenvalue weighted by atomic mass is 35.5. The van der Waals surface area contributed by atoms with Crippen molar-refractivity contribution in [1.29, 1.82) is 0 Å². The second kappa shape index (κ2) is 4.76. The molecule has 1 aromatic carbocycles. The summed E-state index contributed by atoms with van der Waals surface area (Å²) in [6.45, 7) is 7.92. The molecule has 1 aromatic rings. The minimum Gasteiger partial charge on any atom is -0.369 e. The van der Waals surface area contributed by atoms with Gasteiger partial charge in [-0.25, -0.2) is 0 Å². The number of halogens is 2. The number of hydrogen-bond acceptors (Lipinski definition) is 2. The minimum atomic E-state index is -0.483. The van der Waals surface area contributed by atoms with Gasteiger partial charge >= 0.3 is 0 Å². The Hall–Kier alpha value is -0.570. The number of carbonyl (C=O) groups excluding carboxylic acids is 1. The molecule has 1 saturated heterocycles. The van der Waals surface area contributed by atoms with E-state index in [2.05, 4.69) is 0 Å². The minimum absolute atomic E-state index is 0.0252. The summed E-state index contributed by atoms with van der Waals surface area (Å²) in [5, 5.41) is 0.932. The number of ether oxygens (including phenoxy) is 1. The van der Waals surface area contributed by atoms with Crippen LogP contribution in [0.5, 0.6) is 0 Å². The van der Waals surface area contributed by atoms with Crippen molar-refractivity contribution in [3.8, 4) is 0 Å². The van der Waals surface area contributed by atoms with Crippen molar-refractivity contribution in [2.24, 2.45) is 5.92 Å². The van der Waals surface area contributed by atoms with E-state index in [1.165, 1.54) is 0 Å². The largest absolute Gasteiger partial charge is 0.369 e. The highest BCUT2D eigenvalue weighted by molar-refractivity contribution is 6.36. The zero-order valence-corrected chi connectivity index (χ0v) is 13.1. The molecule has 19 heavy (non-hydrogen) atoms. The first-order chi connectivity index (χ1) is 8.62. The second-order valence-electron chi connectivity index (χ2n) is 6.21. The molecule has 0 spiro atoms. The van der Waals surface area contributed by atoms with Gasteiger partial charge in [0.1, 0.15) is 0 Å². The molecule has 0 amide bonds. The standard InChI is InChI=1S/C15H18Cl2O2/c1-14(2)8-11(15(3,4)19-14)13(18)10-6-5-9(16)7-12(10)17/h5-7,11H,8H2,1-4H3. The number of rotatable bonds is 2. The Balaban J connectivity index is 2.34. The van der Waals surface area contributed by atoms with Gasteiger partial charge in [-0.3, -0.25) is 4.79 Å². The van der Waals surface area contributed by atoms with Gasteiger partial charge in [-0.2, -0.15) is 0 Å². The van der Waals surface area contributed by atoms with Gasteiger partial charge in [0.15, 0.2) is 5.78 Å². The van der Waals surface area contributed by atoms with Crippen LogP contribution >= 0.6 is 23.2 Å². The van der Waals surface area contributed by atoms with E-state index in [1.807, 2.05) is 27.7 Å². The molecule has 104 valence electrons. The van der Waals surface area contributed by atoms with Crippen LogP contribution in [-0.4, -0.2) is 17.0 Å². The van der Waals surface area contributed by atoms with Gasteiger partial charge < -0.3 is 4.74 Å². The molecule has 2 rings (SSSR count). The van der Waals surface area contributed by atoms with Gasteiger partial charge in [-0.15, -0.1) is 0 Å². The summed E-state index contributed by atoms with van der Waals surface area (Å²) in [6, 6.07) is 4.98. The molecule has 0 bridgehead atoms. The third-order valence-electron chi connectivity index (χ3n) is 3.59. The maximum atomic E-state index is 12.7. The maximum absolute atomic E-state index is 12.7. The molecule has 1 atom stereocenters. The van der Waals surface area contributed by atoms with E-state index in [1.54, 1.807) is 18.2 Å². The monoisotopic (exact) mass is 300 g/mol. The summed E-state index contributed by atoms with van der Waals surface area (Å²) >= 11 is 12.0. The highest BCUT2D eigenvalue weighted by Crippen LogP contribution is 2.44. The van der Waals surface area contributed by atoms with E-state index in [0.717, 1.165) is 0 Å². The van der Waals surface area contributed by atoms with Crippen LogP contribution in [0.2, 0.25) is 10.0 Å². The van der Waals surface area contributed by atoms with E-state index in [-0.39, 0.29) is 17.3 Å². The summed E-state index contributed by atoms with van der Waals surface area (Å²) < 4.78 is 5.96. The molecule has 0 radical (unpaired) electrons. The third-order valence-corrected chi connectivity index (χ3v) is 4.14. The number of benzene rings is 1. The van der Waals surface area contributed by atoms with Crippen LogP contribution < -0.4 is 0 Å². The molecule has 0 saturated carbocycles. The lowest BCUT2D eigenvalue weighted by molar-refractivity contribution is -0.0712. The molecule has 1 fully saturated rings. The first-order valence-corrected chi connectivity index (χ1v) is 7.07. The Bertz CT molecular complexity index is 521. The first-order valence-electron chi connectivity index (χ1n) is 6.32. The van der Waals surface area contributed by atoms with Crippen LogP contribution in [0.1, 0.15) is 44.5 Å². The lowest BCUT2D eigenvalue weighted by Gasteiger charge is -2.26. The predicted octanol–water partition coefficient (Wildman–Crippen LogP) is 4.77. The van der Waals surface area contributed by atoms with Crippen LogP contribution in [0.25, 0.3) is 0 Å². The van der Waals surface area contributed by atoms with Crippen LogP contribution in [0.15, 0.2) is 18.2 Å². The summed E-state index contributed by atoms with van der Waals surface area (Å²) in [5.74, 6) is -0.168. The summed E-state index contributed by atoms with van der Waals surface area (Å²) in [5.41, 5.74) is -0.253. The van der Waals surface area contributed by atoms with Gasteiger partial charge in [-0.1, -0.05) is 23.2 Å². The van der Waals surface area contributed by atoms with E-state index < -0.39 is 5.60 Å². The van der Waals surface area contributed by atoms with Crippen molar-refractivity contribution in [2.45, 2.75) is 45.3 Å². The fourth-order valence-corrected chi connectivity index (χ4v) is 3.35. The Kier molecular flexibility index (Phi) is 3.72. The molecule has 0 aliphatic carbocycles. The fourth-order valence-electron chi connectivity index (χ4n) is 2.85. The average molecular weight is 301 g/mol. The van der Waals surface area contributed by atoms with Crippen molar-refractivity contribution in [1.82, 2.24) is 0 Å².